The monoisotopic (exact) mass is 269 g/mol. The summed E-state index contributed by atoms with van der Waals surface area (Å²) in [5.41, 5.74) is 0.0932. The Hall–Kier alpha value is -1.49. The third kappa shape index (κ3) is 1.70. The Kier molecular flexibility index (Phi) is 2.40. The maximum absolute atomic E-state index is 13.3. The van der Waals surface area contributed by atoms with E-state index in [1.165, 1.54) is 24.3 Å². The van der Waals surface area contributed by atoms with Gasteiger partial charge in [0.15, 0.2) is 0 Å². The minimum absolute atomic E-state index is 0.0337. The molecule has 0 saturated carbocycles. The number of carboxylic acid groups (broad SMARTS) is 1. The Bertz CT molecular complexity index is 556. The van der Waals surface area contributed by atoms with E-state index >= 15 is 0 Å². The summed E-state index contributed by atoms with van der Waals surface area (Å²) in [6.07, 6.45) is 0. The lowest BCUT2D eigenvalue weighted by Crippen LogP contribution is -2.00. The number of hydrogen-bond donors (Lipinski definition) is 1. The Morgan fingerprint density at radius 3 is 2.87 bits per heavy atom. The van der Waals surface area contributed by atoms with Crippen molar-refractivity contribution in [2.75, 3.05) is 0 Å². The van der Waals surface area contributed by atoms with Crippen molar-refractivity contribution in [3.8, 4) is 0 Å². The number of hydrogen-bond acceptors (Lipinski definition) is 2. The van der Waals surface area contributed by atoms with Gasteiger partial charge in [0, 0.05) is 5.39 Å². The van der Waals surface area contributed by atoms with Gasteiger partial charge in [0.2, 0.25) is 0 Å². The lowest BCUT2D eigenvalue weighted by Gasteiger charge is -2.03. The first-order chi connectivity index (χ1) is 7.09. The van der Waals surface area contributed by atoms with E-state index in [0.29, 0.717) is 9.99 Å². The Labute approximate surface area is 92.7 Å². The SMILES string of the molecule is O=C(O)c1cc(Br)nc2c(F)cccc12. The molecule has 0 radical (unpaired) electrons. The third-order valence-corrected chi connectivity index (χ3v) is 2.40. The van der Waals surface area contributed by atoms with Gasteiger partial charge in [0.05, 0.1) is 5.56 Å². The van der Waals surface area contributed by atoms with Gasteiger partial charge in [-0.15, -0.1) is 0 Å². The van der Waals surface area contributed by atoms with Crippen LogP contribution in [0.3, 0.4) is 0 Å². The lowest BCUT2D eigenvalue weighted by molar-refractivity contribution is 0.0699. The van der Waals surface area contributed by atoms with E-state index in [9.17, 15) is 9.18 Å². The van der Waals surface area contributed by atoms with E-state index in [1.54, 1.807) is 0 Å². The second kappa shape index (κ2) is 3.58. The van der Waals surface area contributed by atoms with Crippen LogP contribution < -0.4 is 0 Å². The first-order valence-electron chi connectivity index (χ1n) is 4.07. The summed E-state index contributed by atoms with van der Waals surface area (Å²) in [6.45, 7) is 0. The van der Waals surface area contributed by atoms with Gasteiger partial charge in [-0.1, -0.05) is 12.1 Å². The van der Waals surface area contributed by atoms with E-state index in [2.05, 4.69) is 20.9 Å². The fraction of sp³-hybridized carbons (Fsp3) is 0. The van der Waals surface area contributed by atoms with E-state index in [-0.39, 0.29) is 11.1 Å². The van der Waals surface area contributed by atoms with Crippen LogP contribution in [0.4, 0.5) is 4.39 Å². The minimum atomic E-state index is -1.10. The molecule has 0 atom stereocenters. The van der Waals surface area contributed by atoms with Gasteiger partial charge in [0.25, 0.3) is 0 Å². The number of carboxylic acids is 1. The first kappa shape index (κ1) is 10.0. The molecule has 1 heterocycles. The number of fused-ring (bicyclic) bond motifs is 1. The fourth-order valence-corrected chi connectivity index (χ4v) is 1.77. The maximum atomic E-state index is 13.3. The zero-order chi connectivity index (χ0) is 11.0. The van der Waals surface area contributed by atoms with E-state index < -0.39 is 11.8 Å². The van der Waals surface area contributed by atoms with Crippen molar-refractivity contribution >= 4 is 32.8 Å². The molecule has 0 spiro atoms. The van der Waals surface area contributed by atoms with Crippen LogP contribution in [0, 0.1) is 5.82 Å². The molecule has 2 rings (SSSR count). The van der Waals surface area contributed by atoms with Crippen LogP contribution in [0.25, 0.3) is 10.9 Å². The molecule has 0 fully saturated rings. The third-order valence-electron chi connectivity index (χ3n) is 1.99. The molecular formula is C10H5BrFNO2. The van der Waals surface area contributed by atoms with Gasteiger partial charge in [-0.3, -0.25) is 0 Å². The van der Waals surface area contributed by atoms with E-state index in [1.807, 2.05) is 0 Å². The zero-order valence-corrected chi connectivity index (χ0v) is 8.95. The second-order valence-electron chi connectivity index (χ2n) is 2.93. The van der Waals surface area contributed by atoms with Gasteiger partial charge in [-0.25, -0.2) is 14.2 Å². The lowest BCUT2D eigenvalue weighted by atomic mass is 10.1. The average Bonchev–Trinajstić information content (AvgIpc) is 2.18. The molecule has 3 nitrogen and oxygen atoms in total. The van der Waals surface area contributed by atoms with Crippen molar-refractivity contribution in [3.63, 3.8) is 0 Å². The molecule has 0 aliphatic heterocycles. The van der Waals surface area contributed by atoms with E-state index in [0.717, 1.165) is 0 Å². The summed E-state index contributed by atoms with van der Waals surface area (Å²) in [6, 6.07) is 5.58. The van der Waals surface area contributed by atoms with Gasteiger partial charge in [-0.05, 0) is 28.1 Å². The first-order valence-corrected chi connectivity index (χ1v) is 4.87. The summed E-state index contributed by atoms with van der Waals surface area (Å²) in [5.74, 6) is -1.63. The van der Waals surface area contributed by atoms with Gasteiger partial charge >= 0.3 is 5.97 Å². The molecule has 0 bridgehead atoms. The van der Waals surface area contributed by atoms with Crippen LogP contribution in [0.2, 0.25) is 0 Å². The van der Waals surface area contributed by atoms with Gasteiger partial charge in [-0.2, -0.15) is 0 Å². The van der Waals surface area contributed by atoms with Crippen LogP contribution in [-0.4, -0.2) is 16.1 Å². The summed E-state index contributed by atoms with van der Waals surface area (Å²) in [7, 11) is 0. The molecule has 0 unspecified atom stereocenters. The average molecular weight is 270 g/mol. The molecule has 0 amide bonds. The maximum Gasteiger partial charge on any atom is 0.336 e. The highest BCUT2D eigenvalue weighted by Crippen LogP contribution is 2.23. The van der Waals surface area contributed by atoms with Crippen LogP contribution in [0.15, 0.2) is 28.9 Å². The quantitative estimate of drug-likeness (QED) is 0.810. The highest BCUT2D eigenvalue weighted by atomic mass is 79.9. The van der Waals surface area contributed by atoms with Crippen molar-refractivity contribution in [2.45, 2.75) is 0 Å². The molecule has 2 aromatic rings. The molecule has 76 valence electrons. The highest BCUT2D eigenvalue weighted by Gasteiger charge is 2.12. The van der Waals surface area contributed by atoms with Crippen LogP contribution in [0.1, 0.15) is 10.4 Å². The number of halogens is 2. The second-order valence-corrected chi connectivity index (χ2v) is 3.75. The number of para-hydroxylation sites is 1. The molecule has 1 N–H and O–H groups in total. The Balaban J connectivity index is 2.92. The summed E-state index contributed by atoms with van der Waals surface area (Å²) in [5, 5.41) is 9.22. The summed E-state index contributed by atoms with van der Waals surface area (Å²) in [4.78, 5) is 14.8. The van der Waals surface area contributed by atoms with Crippen LogP contribution >= 0.6 is 15.9 Å². The molecular weight excluding hydrogens is 265 g/mol. The van der Waals surface area contributed by atoms with Gasteiger partial charge in [0.1, 0.15) is 15.9 Å². The molecule has 15 heavy (non-hydrogen) atoms. The topological polar surface area (TPSA) is 50.2 Å². The predicted octanol–water partition coefficient (Wildman–Crippen LogP) is 2.83. The number of rotatable bonds is 1. The molecule has 1 aromatic carbocycles. The van der Waals surface area contributed by atoms with Crippen LogP contribution in [-0.2, 0) is 0 Å². The van der Waals surface area contributed by atoms with Crippen molar-refractivity contribution in [2.24, 2.45) is 0 Å². The molecule has 0 saturated heterocycles. The largest absolute Gasteiger partial charge is 0.478 e. The number of nitrogens with zero attached hydrogens (tertiary/aromatic N) is 1. The Morgan fingerprint density at radius 1 is 1.47 bits per heavy atom. The normalized spacial score (nSPS) is 10.5. The van der Waals surface area contributed by atoms with Crippen molar-refractivity contribution in [3.05, 3.63) is 40.2 Å². The number of benzene rings is 1. The van der Waals surface area contributed by atoms with Crippen molar-refractivity contribution in [1.82, 2.24) is 4.98 Å². The van der Waals surface area contributed by atoms with Crippen molar-refractivity contribution < 1.29 is 14.3 Å². The molecule has 0 aliphatic carbocycles. The highest BCUT2D eigenvalue weighted by molar-refractivity contribution is 9.10. The summed E-state index contributed by atoms with van der Waals surface area (Å²) < 4.78 is 13.6. The molecule has 1 aromatic heterocycles. The number of pyridine rings is 1. The molecule has 5 heteroatoms. The number of aromatic carboxylic acids is 1. The standard InChI is InChI=1S/C10H5BrFNO2/c11-8-4-6(10(14)15)5-2-1-3-7(12)9(5)13-8/h1-4H,(H,14,15). The number of aromatic nitrogens is 1. The summed E-state index contributed by atoms with van der Waals surface area (Å²) >= 11 is 3.04. The molecule has 0 aliphatic rings. The zero-order valence-electron chi connectivity index (χ0n) is 7.37. The van der Waals surface area contributed by atoms with E-state index in [4.69, 9.17) is 5.11 Å². The van der Waals surface area contributed by atoms with Crippen molar-refractivity contribution in [1.29, 1.82) is 0 Å². The van der Waals surface area contributed by atoms with Gasteiger partial charge < -0.3 is 5.11 Å². The smallest absolute Gasteiger partial charge is 0.336 e. The minimum Gasteiger partial charge on any atom is -0.478 e. The number of carbonyl (C=O) groups is 1. The Morgan fingerprint density at radius 2 is 2.20 bits per heavy atom. The fourth-order valence-electron chi connectivity index (χ4n) is 1.36. The predicted molar refractivity (Wildman–Crippen MR) is 56.4 cm³/mol. The van der Waals surface area contributed by atoms with Crippen LogP contribution in [0.5, 0.6) is 0 Å².